The summed E-state index contributed by atoms with van der Waals surface area (Å²) >= 11 is 0. The number of nitrogens with zero attached hydrogens (tertiary/aromatic N) is 1. The van der Waals surface area contributed by atoms with Crippen molar-refractivity contribution in [2.45, 2.75) is 84.7 Å². The molecule has 1 heterocycles. The summed E-state index contributed by atoms with van der Waals surface area (Å²) in [5.41, 5.74) is 6.65. The second kappa shape index (κ2) is 10.8. The summed E-state index contributed by atoms with van der Waals surface area (Å²) in [6.07, 6.45) is 4.99. The van der Waals surface area contributed by atoms with Gasteiger partial charge in [-0.3, -0.25) is 0 Å². The van der Waals surface area contributed by atoms with Crippen LogP contribution in [0, 0.1) is 13.8 Å². The third-order valence-corrected chi connectivity index (χ3v) is 8.79. The minimum atomic E-state index is -0.0190. The molecule has 0 amide bonds. The van der Waals surface area contributed by atoms with E-state index >= 15 is 0 Å². The first-order valence-corrected chi connectivity index (χ1v) is 13.5. The van der Waals surface area contributed by atoms with Gasteiger partial charge in [0.25, 0.3) is 0 Å². The van der Waals surface area contributed by atoms with Crippen LogP contribution in [0.1, 0.15) is 82.6 Å². The van der Waals surface area contributed by atoms with Crippen molar-refractivity contribution in [3.8, 4) is 5.75 Å². The highest BCUT2D eigenvalue weighted by Crippen LogP contribution is 2.51. The van der Waals surface area contributed by atoms with E-state index in [1.165, 1.54) is 65.6 Å². The smallest absolute Gasteiger partial charge is 0.188 e. The maximum Gasteiger partial charge on any atom is 0.188 e. The molecule has 0 aromatic heterocycles. The number of ether oxygens (including phenoxy) is 2. The van der Waals surface area contributed by atoms with Gasteiger partial charge in [-0.25, -0.2) is 0 Å². The SMILES string of the molecule is CCC(C)(Pc1ccc(C)cc1N1CCCCC1)c1cc(C)cc(C(C)(C)C)c1OCOC. The number of aryl methyl sites for hydroxylation is 2. The molecule has 1 fully saturated rings. The van der Waals surface area contributed by atoms with E-state index in [4.69, 9.17) is 9.47 Å². The largest absolute Gasteiger partial charge is 0.467 e. The Morgan fingerprint density at radius 2 is 1.58 bits per heavy atom. The van der Waals surface area contributed by atoms with Crippen LogP contribution in [0.4, 0.5) is 5.69 Å². The number of hydrogen-bond donors (Lipinski definition) is 0. The van der Waals surface area contributed by atoms with Gasteiger partial charge in [-0.1, -0.05) is 73.0 Å². The monoisotopic (exact) mass is 469 g/mol. The summed E-state index contributed by atoms with van der Waals surface area (Å²) in [5.74, 6) is 1.01. The van der Waals surface area contributed by atoms with Crippen molar-refractivity contribution >= 4 is 19.6 Å². The molecule has 0 radical (unpaired) electrons. The second-order valence-electron chi connectivity index (χ2n) is 10.9. The van der Waals surface area contributed by atoms with Crippen LogP contribution in [0.2, 0.25) is 0 Å². The first-order chi connectivity index (χ1) is 15.6. The molecular weight excluding hydrogens is 425 g/mol. The number of hydrogen-bond acceptors (Lipinski definition) is 3. The van der Waals surface area contributed by atoms with Crippen LogP contribution < -0.4 is 14.9 Å². The molecule has 1 aliphatic heterocycles. The maximum atomic E-state index is 6.32. The summed E-state index contributed by atoms with van der Waals surface area (Å²) in [6, 6.07) is 11.7. The molecule has 2 aromatic rings. The minimum Gasteiger partial charge on any atom is -0.467 e. The van der Waals surface area contributed by atoms with Gasteiger partial charge in [-0.2, -0.15) is 0 Å². The molecule has 1 saturated heterocycles. The van der Waals surface area contributed by atoms with Gasteiger partial charge in [0.05, 0.1) is 0 Å². The standard InChI is InChI=1S/C29H44NO2P/c1-9-29(7,24-18-22(3)17-23(28(4,5)6)27(24)32-20-31-8)33-26-14-13-21(2)19-25(26)30-15-11-10-12-16-30/h13-14,17-19,33H,9-12,15-16,20H2,1-8H3. The third-order valence-electron chi connectivity index (χ3n) is 6.92. The third kappa shape index (κ3) is 6.11. The lowest BCUT2D eigenvalue weighted by molar-refractivity contribution is 0.0487. The second-order valence-corrected chi connectivity index (χ2v) is 12.8. The number of anilines is 1. The van der Waals surface area contributed by atoms with E-state index in [9.17, 15) is 0 Å². The highest BCUT2D eigenvalue weighted by atomic mass is 31.1. The van der Waals surface area contributed by atoms with Crippen molar-refractivity contribution < 1.29 is 9.47 Å². The van der Waals surface area contributed by atoms with E-state index in [0.29, 0.717) is 8.58 Å². The van der Waals surface area contributed by atoms with Crippen LogP contribution in [0.5, 0.6) is 5.75 Å². The van der Waals surface area contributed by atoms with Crippen molar-refractivity contribution in [1.82, 2.24) is 0 Å². The first-order valence-electron chi connectivity index (χ1n) is 12.5. The van der Waals surface area contributed by atoms with Crippen molar-refractivity contribution in [3.63, 3.8) is 0 Å². The Bertz CT molecular complexity index is 943. The number of piperidine rings is 1. The van der Waals surface area contributed by atoms with E-state index < -0.39 is 0 Å². The van der Waals surface area contributed by atoms with Crippen molar-refractivity contribution in [2.75, 3.05) is 31.9 Å². The van der Waals surface area contributed by atoms with Crippen LogP contribution in [-0.2, 0) is 15.3 Å². The molecule has 0 aliphatic carbocycles. The Balaban J connectivity index is 2.11. The van der Waals surface area contributed by atoms with Crippen molar-refractivity contribution in [3.05, 3.63) is 52.6 Å². The van der Waals surface area contributed by atoms with Gasteiger partial charge in [0.2, 0.25) is 0 Å². The topological polar surface area (TPSA) is 21.7 Å². The molecule has 33 heavy (non-hydrogen) atoms. The highest BCUT2D eigenvalue weighted by Gasteiger charge is 2.34. The molecule has 3 nitrogen and oxygen atoms in total. The number of benzene rings is 2. The fourth-order valence-corrected chi connectivity index (χ4v) is 6.42. The molecule has 2 atom stereocenters. The van der Waals surface area contributed by atoms with Gasteiger partial charge in [0, 0.05) is 42.2 Å². The highest BCUT2D eigenvalue weighted by molar-refractivity contribution is 7.49. The average molecular weight is 470 g/mol. The molecule has 3 rings (SSSR count). The van der Waals surface area contributed by atoms with Gasteiger partial charge in [-0.05, 0) is 61.9 Å². The minimum absolute atomic E-state index is 0.00950. The summed E-state index contributed by atoms with van der Waals surface area (Å²) in [5, 5.41) is 1.46. The molecule has 0 saturated carbocycles. The zero-order valence-electron chi connectivity index (χ0n) is 22.1. The summed E-state index contributed by atoms with van der Waals surface area (Å²) in [4.78, 5) is 2.62. The van der Waals surface area contributed by atoms with E-state index in [0.717, 1.165) is 12.2 Å². The normalized spacial score (nSPS) is 16.9. The Kier molecular flexibility index (Phi) is 8.51. The molecule has 2 aromatic carbocycles. The first kappa shape index (κ1) is 26.0. The van der Waals surface area contributed by atoms with Crippen LogP contribution in [0.3, 0.4) is 0 Å². The van der Waals surface area contributed by atoms with Crippen molar-refractivity contribution in [2.24, 2.45) is 0 Å². The number of rotatable bonds is 8. The van der Waals surface area contributed by atoms with E-state index in [1.807, 2.05) is 0 Å². The predicted octanol–water partition coefficient (Wildman–Crippen LogP) is 7.20. The number of methoxy groups -OCH3 is 1. The molecular formula is C29H44NO2P. The van der Waals surface area contributed by atoms with Crippen LogP contribution in [0.25, 0.3) is 0 Å². The zero-order valence-corrected chi connectivity index (χ0v) is 23.1. The Morgan fingerprint density at radius 3 is 2.18 bits per heavy atom. The van der Waals surface area contributed by atoms with Gasteiger partial charge in [0.1, 0.15) is 5.75 Å². The Hall–Kier alpha value is -1.57. The van der Waals surface area contributed by atoms with E-state index in [2.05, 4.69) is 83.7 Å². The predicted molar refractivity (Wildman–Crippen MR) is 145 cm³/mol. The van der Waals surface area contributed by atoms with Gasteiger partial charge in [-0.15, -0.1) is 0 Å². The quantitative estimate of drug-likeness (QED) is 0.301. The molecule has 182 valence electrons. The molecule has 4 heteroatoms. The molecule has 0 N–H and O–H groups in total. The zero-order chi connectivity index (χ0) is 24.2. The summed E-state index contributed by atoms with van der Waals surface area (Å²) < 4.78 is 11.7. The van der Waals surface area contributed by atoms with E-state index in [-0.39, 0.29) is 17.4 Å². The molecule has 0 spiro atoms. The summed E-state index contributed by atoms with van der Waals surface area (Å²) in [6.45, 7) is 18.6. The van der Waals surface area contributed by atoms with E-state index in [1.54, 1.807) is 7.11 Å². The lowest BCUT2D eigenvalue weighted by Gasteiger charge is -2.37. The van der Waals surface area contributed by atoms with Gasteiger partial charge in [0.15, 0.2) is 6.79 Å². The van der Waals surface area contributed by atoms with Crippen LogP contribution >= 0.6 is 8.58 Å². The van der Waals surface area contributed by atoms with Crippen LogP contribution in [0.15, 0.2) is 30.3 Å². The Labute approximate surface area is 204 Å². The van der Waals surface area contributed by atoms with Crippen LogP contribution in [-0.4, -0.2) is 27.0 Å². The molecule has 0 bridgehead atoms. The fraction of sp³-hybridized carbons (Fsp3) is 0.586. The van der Waals surface area contributed by atoms with Crippen molar-refractivity contribution in [1.29, 1.82) is 0 Å². The Morgan fingerprint density at radius 1 is 0.909 bits per heavy atom. The lowest BCUT2D eigenvalue weighted by Crippen LogP contribution is -2.33. The molecule has 1 aliphatic rings. The molecule has 2 unspecified atom stereocenters. The fourth-order valence-electron chi connectivity index (χ4n) is 4.80. The maximum absolute atomic E-state index is 6.32. The van der Waals surface area contributed by atoms with Gasteiger partial charge >= 0.3 is 0 Å². The lowest BCUT2D eigenvalue weighted by atomic mass is 9.81. The summed E-state index contributed by atoms with van der Waals surface area (Å²) in [7, 11) is 2.36. The van der Waals surface area contributed by atoms with Gasteiger partial charge < -0.3 is 14.4 Å². The average Bonchev–Trinajstić information content (AvgIpc) is 2.78.